The van der Waals surface area contributed by atoms with Gasteiger partial charge in [0.25, 0.3) is 11.8 Å². The summed E-state index contributed by atoms with van der Waals surface area (Å²) in [6, 6.07) is 16.2. The highest BCUT2D eigenvalue weighted by atomic mass is 19.1. The summed E-state index contributed by atoms with van der Waals surface area (Å²) >= 11 is 0. The van der Waals surface area contributed by atoms with E-state index >= 15 is 0 Å². The summed E-state index contributed by atoms with van der Waals surface area (Å²) < 4.78 is 29.6. The molecule has 0 bridgehead atoms. The Balaban J connectivity index is 1.56. The van der Waals surface area contributed by atoms with Crippen LogP contribution in [0.5, 0.6) is 17.2 Å². The molecule has 3 aromatic carbocycles. The summed E-state index contributed by atoms with van der Waals surface area (Å²) in [6.07, 6.45) is -0.675. The van der Waals surface area contributed by atoms with Gasteiger partial charge in [-0.15, -0.1) is 0 Å². The van der Waals surface area contributed by atoms with Crippen LogP contribution in [0.4, 0.5) is 10.1 Å². The van der Waals surface area contributed by atoms with Gasteiger partial charge < -0.3 is 24.4 Å². The van der Waals surface area contributed by atoms with Crippen LogP contribution in [0, 0.1) is 5.82 Å². The number of halogens is 1. The summed E-state index contributed by atoms with van der Waals surface area (Å²) in [5, 5.41) is 2.87. The zero-order valence-corrected chi connectivity index (χ0v) is 19.1. The minimum Gasteiger partial charge on any atom is -0.497 e. The molecule has 2 amide bonds. The monoisotopic (exact) mass is 464 g/mol. The van der Waals surface area contributed by atoms with Crippen molar-refractivity contribution in [3.8, 4) is 17.2 Å². The number of nitrogens with zero attached hydrogens (tertiary/aromatic N) is 1. The van der Waals surface area contributed by atoms with Crippen molar-refractivity contribution in [3.63, 3.8) is 0 Å². The number of benzene rings is 3. The molecule has 1 unspecified atom stereocenters. The van der Waals surface area contributed by atoms with E-state index in [4.69, 9.17) is 14.2 Å². The number of carbonyl (C=O) groups excluding carboxylic acids is 2. The minimum absolute atomic E-state index is 0.172. The fourth-order valence-electron chi connectivity index (χ4n) is 3.81. The highest BCUT2D eigenvalue weighted by Gasteiger charge is 2.28. The van der Waals surface area contributed by atoms with E-state index in [1.165, 1.54) is 26.4 Å². The Bertz CT molecular complexity index is 1210. The molecular formula is C26H25FN2O5. The highest BCUT2D eigenvalue weighted by Crippen LogP contribution is 2.30. The number of rotatable bonds is 6. The van der Waals surface area contributed by atoms with Crippen molar-refractivity contribution in [3.05, 3.63) is 83.2 Å². The Morgan fingerprint density at radius 1 is 1.09 bits per heavy atom. The summed E-state index contributed by atoms with van der Waals surface area (Å²) in [5.41, 5.74) is 2.46. The lowest BCUT2D eigenvalue weighted by Crippen LogP contribution is -2.37. The first kappa shape index (κ1) is 23.1. The molecule has 1 aliphatic rings. The van der Waals surface area contributed by atoms with E-state index in [2.05, 4.69) is 5.32 Å². The first-order chi connectivity index (χ1) is 16.4. The number of carbonyl (C=O) groups is 2. The van der Waals surface area contributed by atoms with Crippen LogP contribution < -0.4 is 19.5 Å². The van der Waals surface area contributed by atoms with Gasteiger partial charge in [-0.25, -0.2) is 4.39 Å². The predicted octanol–water partition coefficient (Wildman–Crippen LogP) is 4.40. The van der Waals surface area contributed by atoms with E-state index in [-0.39, 0.29) is 24.2 Å². The molecule has 0 fully saturated rings. The van der Waals surface area contributed by atoms with Crippen LogP contribution in [-0.2, 0) is 17.9 Å². The summed E-state index contributed by atoms with van der Waals surface area (Å²) in [4.78, 5) is 27.5. The first-order valence-corrected chi connectivity index (χ1v) is 10.7. The molecule has 176 valence electrons. The third kappa shape index (κ3) is 4.96. The zero-order valence-electron chi connectivity index (χ0n) is 19.1. The smallest absolute Gasteiger partial charge is 0.263 e. The topological polar surface area (TPSA) is 77.1 Å². The van der Waals surface area contributed by atoms with Crippen LogP contribution in [0.25, 0.3) is 0 Å². The molecule has 1 N–H and O–H groups in total. The quantitative estimate of drug-likeness (QED) is 0.585. The van der Waals surface area contributed by atoms with Crippen LogP contribution in [0.3, 0.4) is 0 Å². The second-order valence-electron chi connectivity index (χ2n) is 7.92. The predicted molar refractivity (Wildman–Crippen MR) is 125 cm³/mol. The van der Waals surface area contributed by atoms with Crippen LogP contribution in [0.1, 0.15) is 28.4 Å². The van der Waals surface area contributed by atoms with E-state index in [1.54, 1.807) is 60.4 Å². The number of fused-ring (bicyclic) bond motifs is 1. The Hall–Kier alpha value is -4.07. The normalized spacial score (nSPS) is 15.1. The van der Waals surface area contributed by atoms with Gasteiger partial charge in [-0.1, -0.05) is 12.1 Å². The van der Waals surface area contributed by atoms with Crippen LogP contribution >= 0.6 is 0 Å². The maximum atomic E-state index is 13.3. The fourth-order valence-corrected chi connectivity index (χ4v) is 3.81. The standard InChI is InChI=1S/C26H25FN2O5/c1-16-26(31)29(14-17-4-6-19(27)7-5-17)15-18-12-20(8-11-23(18)34-16)28-25(30)22-10-9-21(32-2)13-24(22)33-3/h4-13,16H,14-15H2,1-3H3,(H,28,30). The van der Waals surface area contributed by atoms with Crippen LogP contribution in [0.15, 0.2) is 60.7 Å². The molecule has 34 heavy (non-hydrogen) atoms. The number of amides is 2. The fraction of sp³-hybridized carbons (Fsp3) is 0.231. The van der Waals surface area contributed by atoms with Gasteiger partial charge in [-0.05, 0) is 55.0 Å². The van der Waals surface area contributed by atoms with E-state index < -0.39 is 6.10 Å². The Morgan fingerprint density at radius 2 is 1.85 bits per heavy atom. The molecule has 0 saturated carbocycles. The molecule has 1 aliphatic heterocycles. The van der Waals surface area contributed by atoms with Gasteiger partial charge in [0.2, 0.25) is 0 Å². The van der Waals surface area contributed by atoms with Gasteiger partial charge in [0.15, 0.2) is 6.10 Å². The molecule has 0 aliphatic carbocycles. The molecular weight excluding hydrogens is 439 g/mol. The molecule has 4 rings (SSSR count). The van der Waals surface area contributed by atoms with Gasteiger partial charge in [0.05, 0.1) is 19.8 Å². The molecule has 1 heterocycles. The molecule has 0 saturated heterocycles. The highest BCUT2D eigenvalue weighted by molar-refractivity contribution is 6.06. The maximum Gasteiger partial charge on any atom is 0.263 e. The van der Waals surface area contributed by atoms with E-state index in [1.807, 2.05) is 0 Å². The van der Waals surface area contributed by atoms with Crippen molar-refractivity contribution >= 4 is 17.5 Å². The number of anilines is 1. The van der Waals surface area contributed by atoms with E-state index in [0.29, 0.717) is 35.0 Å². The Kier molecular flexibility index (Phi) is 6.67. The van der Waals surface area contributed by atoms with Crippen molar-refractivity contribution in [2.24, 2.45) is 0 Å². The van der Waals surface area contributed by atoms with Crippen molar-refractivity contribution in [2.75, 3.05) is 19.5 Å². The third-order valence-electron chi connectivity index (χ3n) is 5.58. The molecule has 0 aromatic heterocycles. The molecule has 7 nitrogen and oxygen atoms in total. The molecule has 0 radical (unpaired) electrons. The maximum absolute atomic E-state index is 13.3. The average molecular weight is 464 g/mol. The summed E-state index contributed by atoms with van der Waals surface area (Å²) in [6.45, 7) is 2.29. The van der Waals surface area contributed by atoms with Crippen molar-refractivity contribution in [1.29, 1.82) is 0 Å². The van der Waals surface area contributed by atoms with Gasteiger partial charge in [-0.2, -0.15) is 0 Å². The zero-order chi connectivity index (χ0) is 24.2. The summed E-state index contributed by atoms with van der Waals surface area (Å²) in [5.74, 6) is 0.690. The second-order valence-corrected chi connectivity index (χ2v) is 7.92. The minimum atomic E-state index is -0.675. The Labute approximate surface area is 197 Å². The lowest BCUT2D eigenvalue weighted by molar-refractivity contribution is -0.138. The van der Waals surface area contributed by atoms with Crippen LogP contribution in [0.2, 0.25) is 0 Å². The van der Waals surface area contributed by atoms with E-state index in [0.717, 1.165) is 11.1 Å². The van der Waals surface area contributed by atoms with Gasteiger partial charge in [0, 0.05) is 30.4 Å². The van der Waals surface area contributed by atoms with Crippen molar-refractivity contribution in [1.82, 2.24) is 4.90 Å². The first-order valence-electron chi connectivity index (χ1n) is 10.7. The lowest BCUT2D eigenvalue weighted by atomic mass is 10.1. The van der Waals surface area contributed by atoms with Crippen molar-refractivity contribution < 1.29 is 28.2 Å². The van der Waals surface area contributed by atoms with Gasteiger partial charge in [-0.3, -0.25) is 9.59 Å². The number of methoxy groups -OCH3 is 2. The number of ether oxygens (including phenoxy) is 3. The average Bonchev–Trinajstić information content (AvgIpc) is 2.96. The van der Waals surface area contributed by atoms with Gasteiger partial charge in [0.1, 0.15) is 23.1 Å². The number of hydrogen-bond donors (Lipinski definition) is 1. The number of nitrogens with one attached hydrogen (secondary N) is 1. The van der Waals surface area contributed by atoms with Gasteiger partial charge >= 0.3 is 0 Å². The molecule has 8 heteroatoms. The van der Waals surface area contributed by atoms with E-state index in [9.17, 15) is 14.0 Å². The van der Waals surface area contributed by atoms with Crippen molar-refractivity contribution in [2.45, 2.75) is 26.1 Å². The number of hydrogen-bond acceptors (Lipinski definition) is 5. The Morgan fingerprint density at radius 3 is 2.56 bits per heavy atom. The third-order valence-corrected chi connectivity index (χ3v) is 5.58. The molecule has 1 atom stereocenters. The SMILES string of the molecule is COc1ccc(C(=O)Nc2ccc3c(c2)CN(Cc2ccc(F)cc2)C(=O)C(C)O3)c(OC)c1. The molecule has 3 aromatic rings. The molecule has 0 spiro atoms. The summed E-state index contributed by atoms with van der Waals surface area (Å²) in [7, 11) is 3.02. The van der Waals surface area contributed by atoms with Crippen LogP contribution in [-0.4, -0.2) is 37.0 Å². The lowest BCUT2D eigenvalue weighted by Gasteiger charge is -2.22. The second kappa shape index (κ2) is 9.82. The largest absolute Gasteiger partial charge is 0.497 e.